The van der Waals surface area contributed by atoms with Crippen molar-refractivity contribution in [2.45, 2.75) is 6.42 Å². The van der Waals surface area contributed by atoms with Crippen LogP contribution in [0.1, 0.15) is 16.2 Å². The Morgan fingerprint density at radius 3 is 2.91 bits per heavy atom. The normalized spacial score (nSPS) is 10.5. The molecule has 0 saturated carbocycles. The van der Waals surface area contributed by atoms with Crippen LogP contribution in [0.15, 0.2) is 53.2 Å². The van der Waals surface area contributed by atoms with Crippen LogP contribution in [0.5, 0.6) is 0 Å². The van der Waals surface area contributed by atoms with Crippen LogP contribution in [0.4, 0.5) is 0 Å². The number of hydrogen-bond acceptors (Lipinski definition) is 5. The molecule has 1 amide bonds. The molecule has 2 heterocycles. The molecule has 23 heavy (non-hydrogen) atoms. The molecule has 0 bridgehead atoms. The van der Waals surface area contributed by atoms with E-state index in [1.165, 1.54) is 0 Å². The fourth-order valence-corrected chi connectivity index (χ4v) is 2.22. The molecular weight excluding hydrogens is 316 g/mol. The van der Waals surface area contributed by atoms with Crippen molar-refractivity contribution in [1.29, 1.82) is 0 Å². The van der Waals surface area contributed by atoms with Crippen LogP contribution in [0.3, 0.4) is 0 Å². The molecule has 1 N–H and O–H groups in total. The number of carbonyl (C=O) groups is 1. The van der Waals surface area contributed by atoms with Gasteiger partial charge in [0.15, 0.2) is 0 Å². The molecule has 1 aromatic carbocycles. The van der Waals surface area contributed by atoms with Gasteiger partial charge in [0, 0.05) is 24.0 Å². The predicted molar refractivity (Wildman–Crippen MR) is 85.0 cm³/mol. The van der Waals surface area contributed by atoms with Gasteiger partial charge >= 0.3 is 11.8 Å². The van der Waals surface area contributed by atoms with E-state index in [1.807, 2.05) is 24.3 Å². The predicted octanol–water partition coefficient (Wildman–Crippen LogP) is 2.76. The average Bonchev–Trinajstić information content (AvgIpc) is 3.06. The van der Waals surface area contributed by atoms with Crippen LogP contribution in [0.25, 0.3) is 11.5 Å². The van der Waals surface area contributed by atoms with Crippen molar-refractivity contribution >= 4 is 17.5 Å². The number of nitrogens with one attached hydrogen (secondary N) is 1. The Labute approximate surface area is 137 Å². The number of halogens is 1. The van der Waals surface area contributed by atoms with Gasteiger partial charge in [-0.25, -0.2) is 0 Å². The van der Waals surface area contributed by atoms with Gasteiger partial charge in [-0.1, -0.05) is 23.7 Å². The van der Waals surface area contributed by atoms with E-state index in [0.717, 1.165) is 5.56 Å². The number of aromatic nitrogens is 3. The van der Waals surface area contributed by atoms with Crippen molar-refractivity contribution < 1.29 is 9.21 Å². The number of rotatable bonds is 5. The van der Waals surface area contributed by atoms with Crippen LogP contribution < -0.4 is 5.32 Å². The summed E-state index contributed by atoms with van der Waals surface area (Å²) in [6.45, 7) is 0.448. The molecule has 2 aromatic heterocycles. The van der Waals surface area contributed by atoms with Gasteiger partial charge in [-0.2, -0.15) is 0 Å². The Hall–Kier alpha value is -2.73. The van der Waals surface area contributed by atoms with E-state index in [0.29, 0.717) is 23.6 Å². The molecule has 0 saturated heterocycles. The lowest BCUT2D eigenvalue weighted by atomic mass is 10.1. The number of nitrogens with zero attached hydrogens (tertiary/aromatic N) is 3. The minimum atomic E-state index is -0.408. The summed E-state index contributed by atoms with van der Waals surface area (Å²) in [5.41, 5.74) is 1.71. The Bertz CT molecular complexity index is 805. The molecule has 7 heteroatoms. The highest BCUT2D eigenvalue weighted by molar-refractivity contribution is 6.30. The molecule has 0 unspecified atom stereocenters. The number of pyridine rings is 1. The number of benzene rings is 1. The van der Waals surface area contributed by atoms with Gasteiger partial charge in [-0.3, -0.25) is 9.78 Å². The quantitative estimate of drug-likeness (QED) is 0.779. The standard InChI is InChI=1S/C16H13ClN4O2/c17-13-5-1-3-11(9-13)6-8-19-14(22)16-21-20-15(23-16)12-4-2-7-18-10-12/h1-5,7,9-10H,6,8H2,(H,19,22). The second-order valence-corrected chi connectivity index (χ2v) is 5.23. The monoisotopic (exact) mass is 328 g/mol. The van der Waals surface area contributed by atoms with Gasteiger partial charge in [0.05, 0.1) is 5.56 Å². The smallest absolute Gasteiger partial charge is 0.308 e. The SMILES string of the molecule is O=C(NCCc1cccc(Cl)c1)c1nnc(-c2cccnc2)o1. The Morgan fingerprint density at radius 2 is 2.13 bits per heavy atom. The van der Waals surface area contributed by atoms with Gasteiger partial charge in [-0.05, 0) is 36.2 Å². The van der Waals surface area contributed by atoms with E-state index in [2.05, 4.69) is 20.5 Å². The van der Waals surface area contributed by atoms with Crippen LogP contribution >= 0.6 is 11.6 Å². The molecule has 0 aliphatic heterocycles. The molecule has 0 aliphatic carbocycles. The van der Waals surface area contributed by atoms with Crippen molar-refractivity contribution in [2.24, 2.45) is 0 Å². The zero-order chi connectivity index (χ0) is 16.1. The maximum atomic E-state index is 12.0. The maximum Gasteiger partial charge on any atom is 0.308 e. The van der Waals surface area contributed by atoms with Crippen molar-refractivity contribution in [3.05, 3.63) is 65.3 Å². The summed E-state index contributed by atoms with van der Waals surface area (Å²) >= 11 is 5.92. The minimum Gasteiger partial charge on any atom is -0.412 e. The largest absolute Gasteiger partial charge is 0.412 e. The Balaban J connectivity index is 1.58. The molecule has 116 valence electrons. The molecular formula is C16H13ClN4O2. The second kappa shape index (κ2) is 7.02. The minimum absolute atomic E-state index is 0.0741. The first-order valence-corrected chi connectivity index (χ1v) is 7.37. The molecule has 0 fully saturated rings. The molecule has 0 atom stereocenters. The summed E-state index contributed by atoms with van der Waals surface area (Å²) in [6, 6.07) is 11.0. The lowest BCUT2D eigenvalue weighted by molar-refractivity contribution is 0.0920. The van der Waals surface area contributed by atoms with E-state index in [1.54, 1.807) is 24.5 Å². The fraction of sp³-hybridized carbons (Fsp3) is 0.125. The average molecular weight is 329 g/mol. The Morgan fingerprint density at radius 1 is 1.22 bits per heavy atom. The van der Waals surface area contributed by atoms with Crippen molar-refractivity contribution in [3.8, 4) is 11.5 Å². The van der Waals surface area contributed by atoms with Gasteiger partial charge in [0.2, 0.25) is 5.89 Å². The molecule has 0 aliphatic rings. The van der Waals surface area contributed by atoms with Gasteiger partial charge in [-0.15, -0.1) is 10.2 Å². The highest BCUT2D eigenvalue weighted by atomic mass is 35.5. The lowest BCUT2D eigenvalue weighted by Crippen LogP contribution is -2.26. The van der Waals surface area contributed by atoms with E-state index in [4.69, 9.17) is 16.0 Å². The summed E-state index contributed by atoms with van der Waals surface area (Å²) in [5, 5.41) is 11.0. The van der Waals surface area contributed by atoms with Crippen molar-refractivity contribution in [1.82, 2.24) is 20.5 Å². The zero-order valence-corrected chi connectivity index (χ0v) is 12.8. The molecule has 6 nitrogen and oxygen atoms in total. The first kappa shape index (κ1) is 15.2. The van der Waals surface area contributed by atoms with Crippen molar-refractivity contribution in [3.63, 3.8) is 0 Å². The first-order valence-electron chi connectivity index (χ1n) is 6.99. The third-order valence-corrected chi connectivity index (χ3v) is 3.35. The molecule has 0 radical (unpaired) electrons. The van der Waals surface area contributed by atoms with Crippen molar-refractivity contribution in [2.75, 3.05) is 6.54 Å². The van der Waals surface area contributed by atoms with Gasteiger partial charge in [0.25, 0.3) is 0 Å². The number of amides is 1. The number of carbonyl (C=O) groups excluding carboxylic acids is 1. The third-order valence-electron chi connectivity index (χ3n) is 3.12. The third kappa shape index (κ3) is 3.92. The van der Waals surface area contributed by atoms with Crippen LogP contribution in [0, 0.1) is 0 Å². The summed E-state index contributed by atoms with van der Waals surface area (Å²) in [7, 11) is 0. The summed E-state index contributed by atoms with van der Waals surface area (Å²) in [6.07, 6.45) is 3.90. The molecule has 3 rings (SSSR count). The van der Waals surface area contributed by atoms with E-state index in [9.17, 15) is 4.79 Å². The fourth-order valence-electron chi connectivity index (χ4n) is 2.01. The molecule has 0 spiro atoms. The van der Waals surface area contributed by atoms with Gasteiger partial charge in [0.1, 0.15) is 0 Å². The van der Waals surface area contributed by atoms with E-state index in [-0.39, 0.29) is 11.8 Å². The zero-order valence-electron chi connectivity index (χ0n) is 12.1. The van der Waals surface area contributed by atoms with E-state index >= 15 is 0 Å². The summed E-state index contributed by atoms with van der Waals surface area (Å²) < 4.78 is 5.36. The molecule has 3 aromatic rings. The highest BCUT2D eigenvalue weighted by Crippen LogP contribution is 2.15. The Kier molecular flexibility index (Phi) is 4.63. The van der Waals surface area contributed by atoms with E-state index < -0.39 is 5.91 Å². The van der Waals surface area contributed by atoms with Crippen LogP contribution in [-0.2, 0) is 6.42 Å². The number of hydrogen-bond donors (Lipinski definition) is 1. The summed E-state index contributed by atoms with van der Waals surface area (Å²) in [4.78, 5) is 16.0. The first-order chi connectivity index (χ1) is 11.2. The summed E-state index contributed by atoms with van der Waals surface area (Å²) in [5.74, 6) is -0.220. The van der Waals surface area contributed by atoms with Crippen LogP contribution in [-0.4, -0.2) is 27.6 Å². The lowest BCUT2D eigenvalue weighted by Gasteiger charge is -2.03. The maximum absolute atomic E-state index is 12.0. The topological polar surface area (TPSA) is 80.9 Å². The van der Waals surface area contributed by atoms with Crippen LogP contribution in [0.2, 0.25) is 5.02 Å². The highest BCUT2D eigenvalue weighted by Gasteiger charge is 2.15. The second-order valence-electron chi connectivity index (χ2n) is 4.79. The van der Waals surface area contributed by atoms with Gasteiger partial charge < -0.3 is 9.73 Å².